The normalized spacial score (nSPS) is 11.8. The van der Waals surface area contributed by atoms with Crippen LogP contribution >= 0.6 is 12.4 Å². The molecule has 5 nitrogen and oxygen atoms in total. The first-order chi connectivity index (χ1) is 5.15. The van der Waals surface area contributed by atoms with E-state index >= 15 is 0 Å². The Labute approximate surface area is 85.1 Å². The molecule has 0 bridgehead atoms. The lowest BCUT2D eigenvalue weighted by Crippen LogP contribution is -2.40. The highest BCUT2D eigenvalue weighted by Gasteiger charge is 2.09. The third kappa shape index (κ3) is 51.4. The maximum atomic E-state index is 8.87. The Morgan fingerprint density at radius 3 is 1.77 bits per heavy atom. The van der Waals surface area contributed by atoms with Crippen LogP contribution in [0.4, 0.5) is 4.79 Å². The third-order valence-electron chi connectivity index (χ3n) is 0.812. The van der Waals surface area contributed by atoms with Gasteiger partial charge in [-0.1, -0.05) is 0 Å². The van der Waals surface area contributed by atoms with Crippen molar-refractivity contribution in [2.24, 2.45) is 5.73 Å². The van der Waals surface area contributed by atoms with Crippen LogP contribution in [0.3, 0.4) is 0 Å². The zero-order valence-corrected chi connectivity index (χ0v) is 9.30. The molecule has 0 rings (SSSR count). The van der Waals surface area contributed by atoms with Crippen LogP contribution < -0.4 is 10.8 Å². The molecule has 0 aliphatic rings. The Kier molecular flexibility index (Phi) is 11.4. The second-order valence-corrected chi connectivity index (χ2v) is 3.64. The number of carbonyl (C=O) groups is 1. The molecule has 1 unspecified atom stereocenters. The summed E-state index contributed by atoms with van der Waals surface area (Å²) in [5, 5.41) is 17.5. The van der Waals surface area contributed by atoms with E-state index in [1.165, 1.54) is 0 Å². The van der Waals surface area contributed by atoms with Crippen LogP contribution in [0.15, 0.2) is 0 Å². The summed E-state index contributed by atoms with van der Waals surface area (Å²) in [6.45, 7) is 2.63. The molecule has 82 valence electrons. The molecular weight excluding hydrogens is 196 g/mol. The molecule has 0 aromatic heterocycles. The van der Waals surface area contributed by atoms with Crippen molar-refractivity contribution in [2.75, 3.05) is 27.7 Å². The zero-order chi connectivity index (χ0) is 10.4. The summed E-state index contributed by atoms with van der Waals surface area (Å²) in [7, 11) is 6.19. The van der Waals surface area contributed by atoms with Crippen LogP contribution in [0.5, 0.6) is 0 Å². The van der Waals surface area contributed by atoms with Gasteiger partial charge in [0.1, 0.15) is 18.7 Å². The number of amides is 1. The molecule has 1 amide bonds. The van der Waals surface area contributed by atoms with Crippen LogP contribution in [0.1, 0.15) is 6.92 Å². The fourth-order valence-corrected chi connectivity index (χ4v) is 0.793. The van der Waals surface area contributed by atoms with E-state index in [4.69, 9.17) is 15.0 Å². The van der Waals surface area contributed by atoms with Gasteiger partial charge in [0.25, 0.3) is 0 Å². The minimum absolute atomic E-state index is 0. The molecule has 0 aliphatic carbocycles. The van der Waals surface area contributed by atoms with Crippen molar-refractivity contribution in [2.45, 2.75) is 13.0 Å². The summed E-state index contributed by atoms with van der Waals surface area (Å²) in [5.41, 5.74) is 3.92. The maximum Gasteiger partial charge on any atom is 0.131 e. The summed E-state index contributed by atoms with van der Waals surface area (Å²) >= 11 is 0. The molecule has 0 aromatic rings. The number of nitrogens with two attached hydrogens (primary N) is 1. The highest BCUT2D eigenvalue weighted by Crippen LogP contribution is 1.92. The number of rotatable bonds is 2. The minimum atomic E-state index is -1.58. The van der Waals surface area contributed by atoms with Gasteiger partial charge in [-0.25, -0.2) is 0 Å². The summed E-state index contributed by atoms with van der Waals surface area (Å²) < 4.78 is 0.831. The van der Waals surface area contributed by atoms with Gasteiger partial charge >= 0.3 is 0 Å². The second-order valence-electron chi connectivity index (χ2n) is 3.64. The Bertz CT molecular complexity index is 130. The fraction of sp³-hybridized carbons (Fsp3) is 0.857. The van der Waals surface area contributed by atoms with Crippen molar-refractivity contribution in [1.29, 1.82) is 0 Å². The van der Waals surface area contributed by atoms with Crippen molar-refractivity contribution in [3.8, 4) is 0 Å². The molecule has 0 saturated carbocycles. The number of aliphatic hydroxyl groups excluding tert-OH is 1. The number of likely N-dealkylation sites (N-methyl/N-ethyl adjacent to an activating group) is 1. The smallest absolute Gasteiger partial charge is 0.131 e. The van der Waals surface area contributed by atoms with Gasteiger partial charge in [-0.15, -0.1) is 12.4 Å². The van der Waals surface area contributed by atoms with E-state index < -0.39 is 6.09 Å². The quantitative estimate of drug-likeness (QED) is 0.566. The molecule has 0 fully saturated rings. The molecule has 1 atom stereocenters. The SMILES string of the molecule is CC(O)C[N+](C)(C)C.Cl.NC(=O)[O-]. The number of aliphatic hydroxyl groups is 1. The Morgan fingerprint density at radius 2 is 1.77 bits per heavy atom. The van der Waals surface area contributed by atoms with E-state index in [2.05, 4.69) is 26.9 Å². The molecule has 0 heterocycles. The average molecular weight is 215 g/mol. The van der Waals surface area contributed by atoms with E-state index in [1.54, 1.807) is 0 Å². The largest absolute Gasteiger partial charge is 0.530 e. The first kappa shape index (κ1) is 18.3. The summed E-state index contributed by atoms with van der Waals surface area (Å²) in [4.78, 5) is 8.67. The number of primary amides is 1. The lowest BCUT2D eigenvalue weighted by atomic mass is 10.3. The van der Waals surface area contributed by atoms with Crippen LogP contribution in [0.25, 0.3) is 0 Å². The van der Waals surface area contributed by atoms with Crippen LogP contribution in [-0.4, -0.2) is 49.5 Å². The highest BCUT2D eigenvalue weighted by molar-refractivity contribution is 5.85. The van der Waals surface area contributed by atoms with Crippen molar-refractivity contribution < 1.29 is 19.5 Å². The van der Waals surface area contributed by atoms with Gasteiger partial charge in [0.2, 0.25) is 0 Å². The molecule has 0 saturated heterocycles. The van der Waals surface area contributed by atoms with E-state index in [0.717, 1.165) is 11.0 Å². The monoisotopic (exact) mass is 214 g/mol. The number of hydrogen-bond donors (Lipinski definition) is 2. The maximum absolute atomic E-state index is 8.87. The van der Waals surface area contributed by atoms with Gasteiger partial charge in [0.15, 0.2) is 0 Å². The van der Waals surface area contributed by atoms with Crippen molar-refractivity contribution in [3.05, 3.63) is 0 Å². The van der Waals surface area contributed by atoms with Crippen molar-refractivity contribution in [1.82, 2.24) is 0 Å². The van der Waals surface area contributed by atoms with Crippen LogP contribution in [0.2, 0.25) is 0 Å². The Balaban J connectivity index is -0.000000173. The Hall–Kier alpha value is -0.520. The zero-order valence-electron chi connectivity index (χ0n) is 8.48. The standard InChI is InChI=1S/C6H16NO.CH3NO2.ClH/c1-6(8)5-7(2,3)4;2-1(3)4;/h6,8H,5H2,1-4H3;2H2,(H,3,4);1H/q+1;;/p-1. The number of carbonyl (C=O) groups excluding carboxylic acids is 1. The topological polar surface area (TPSA) is 86.4 Å². The van der Waals surface area contributed by atoms with Gasteiger partial charge in [0.05, 0.1) is 21.1 Å². The fourth-order valence-electron chi connectivity index (χ4n) is 0.793. The van der Waals surface area contributed by atoms with E-state index in [0.29, 0.717) is 0 Å². The number of hydrogen-bond acceptors (Lipinski definition) is 3. The lowest BCUT2D eigenvalue weighted by Gasteiger charge is -2.24. The van der Waals surface area contributed by atoms with Crippen LogP contribution in [-0.2, 0) is 0 Å². The molecule has 3 N–H and O–H groups in total. The molecule has 0 radical (unpaired) electrons. The first-order valence-electron chi connectivity index (χ1n) is 3.60. The molecule has 0 aliphatic heterocycles. The van der Waals surface area contributed by atoms with Gasteiger partial charge in [-0.3, -0.25) is 0 Å². The van der Waals surface area contributed by atoms with E-state index in [1.807, 2.05) is 6.92 Å². The predicted molar refractivity (Wildman–Crippen MR) is 51.4 cm³/mol. The molecular formula is C7H19ClN2O3. The second kappa shape index (κ2) is 8.10. The van der Waals surface area contributed by atoms with Gasteiger partial charge in [-0.2, -0.15) is 0 Å². The Morgan fingerprint density at radius 1 is 1.54 bits per heavy atom. The summed E-state index contributed by atoms with van der Waals surface area (Å²) in [6, 6.07) is 0. The average Bonchev–Trinajstić information content (AvgIpc) is 1.52. The summed E-state index contributed by atoms with van der Waals surface area (Å²) in [6.07, 6.45) is -1.77. The third-order valence-corrected chi connectivity index (χ3v) is 0.812. The highest BCUT2D eigenvalue weighted by atomic mass is 35.5. The number of halogens is 1. The minimum Gasteiger partial charge on any atom is -0.530 e. The van der Waals surface area contributed by atoms with Crippen molar-refractivity contribution in [3.63, 3.8) is 0 Å². The van der Waals surface area contributed by atoms with Crippen LogP contribution in [0, 0.1) is 0 Å². The first-order valence-corrected chi connectivity index (χ1v) is 3.60. The van der Waals surface area contributed by atoms with Gasteiger partial charge < -0.3 is 25.2 Å². The number of nitrogens with zero attached hydrogens (tertiary/aromatic N) is 1. The van der Waals surface area contributed by atoms with E-state index in [9.17, 15) is 0 Å². The molecule has 6 heteroatoms. The molecule has 13 heavy (non-hydrogen) atoms. The predicted octanol–water partition coefficient (Wildman–Crippen LogP) is -1.22. The molecule has 0 aromatic carbocycles. The number of quaternary nitrogens is 1. The molecule has 0 spiro atoms. The lowest BCUT2D eigenvalue weighted by molar-refractivity contribution is -0.873. The van der Waals surface area contributed by atoms with Gasteiger partial charge in [-0.05, 0) is 6.92 Å². The van der Waals surface area contributed by atoms with E-state index in [-0.39, 0.29) is 18.5 Å². The van der Waals surface area contributed by atoms with Gasteiger partial charge in [0, 0.05) is 0 Å². The number of carboxylic acid groups (broad SMARTS) is 1. The van der Waals surface area contributed by atoms with Crippen molar-refractivity contribution >= 4 is 18.5 Å². The summed E-state index contributed by atoms with van der Waals surface area (Å²) in [5.74, 6) is 0.